The van der Waals surface area contributed by atoms with Crippen LogP contribution in [-0.2, 0) is 0 Å². The molecule has 0 saturated heterocycles. The van der Waals surface area contributed by atoms with Crippen LogP contribution in [0.3, 0.4) is 0 Å². The lowest BCUT2D eigenvalue weighted by atomic mass is 9.78. The molecule has 0 atom stereocenters. The molecule has 8 heteroatoms. The Balaban J connectivity index is 2.03. The number of nitrogens with two attached hydrogens (primary N) is 1. The zero-order chi connectivity index (χ0) is 17.7. The van der Waals surface area contributed by atoms with E-state index in [1.165, 1.54) is 0 Å². The Kier molecular flexibility index (Phi) is 3.45. The van der Waals surface area contributed by atoms with E-state index in [1.807, 2.05) is 25.1 Å². The van der Waals surface area contributed by atoms with Crippen molar-refractivity contribution in [3.8, 4) is 11.1 Å². The summed E-state index contributed by atoms with van der Waals surface area (Å²) in [6.45, 7) is 3.61. The molecule has 0 spiro atoms. The number of hydrogen-bond donors (Lipinski definition) is 3. The number of hydrogen-bond acceptors (Lipinski definition) is 7. The number of oxazole rings is 1. The van der Waals surface area contributed by atoms with E-state index < -0.39 is 7.12 Å². The summed E-state index contributed by atoms with van der Waals surface area (Å²) in [5.41, 5.74) is 9.76. The molecule has 0 aliphatic carbocycles. The fourth-order valence-corrected chi connectivity index (χ4v) is 3.00. The molecule has 25 heavy (non-hydrogen) atoms. The monoisotopic (exact) mass is 334 g/mol. The van der Waals surface area contributed by atoms with Crippen LogP contribution >= 0.6 is 0 Å². The maximum Gasteiger partial charge on any atom is 0.488 e. The van der Waals surface area contributed by atoms with Crippen LogP contribution in [0.4, 0.5) is 5.82 Å². The van der Waals surface area contributed by atoms with Crippen LogP contribution in [0.15, 0.2) is 34.7 Å². The molecule has 7 nitrogen and oxygen atoms in total. The number of rotatable bonds is 2. The van der Waals surface area contributed by atoms with E-state index in [9.17, 15) is 10.0 Å². The second-order valence-corrected chi connectivity index (χ2v) is 5.95. The SMILES string of the molecule is Cc1nc2c(-c3ccc4c(N)nnc(C)c4c3)cc(B(O)O)cc2o1. The van der Waals surface area contributed by atoms with E-state index in [0.717, 1.165) is 27.6 Å². The average Bonchev–Trinajstić information content (AvgIpc) is 2.97. The van der Waals surface area contributed by atoms with Crippen molar-refractivity contribution in [2.24, 2.45) is 0 Å². The molecule has 4 rings (SSSR count). The number of benzene rings is 2. The summed E-state index contributed by atoms with van der Waals surface area (Å²) in [6, 6.07) is 9.00. The van der Waals surface area contributed by atoms with Gasteiger partial charge < -0.3 is 20.2 Å². The van der Waals surface area contributed by atoms with Gasteiger partial charge in [0.25, 0.3) is 0 Å². The van der Waals surface area contributed by atoms with Crippen molar-refractivity contribution < 1.29 is 14.5 Å². The van der Waals surface area contributed by atoms with E-state index in [1.54, 1.807) is 19.1 Å². The Morgan fingerprint density at radius 3 is 2.60 bits per heavy atom. The molecule has 0 bridgehead atoms. The summed E-state index contributed by atoms with van der Waals surface area (Å²) in [5, 5.41) is 28.8. The highest BCUT2D eigenvalue weighted by molar-refractivity contribution is 6.59. The first-order valence-electron chi connectivity index (χ1n) is 7.74. The zero-order valence-corrected chi connectivity index (χ0v) is 13.7. The summed E-state index contributed by atoms with van der Waals surface area (Å²) < 4.78 is 5.58. The smallest absolute Gasteiger partial charge is 0.441 e. The predicted molar refractivity (Wildman–Crippen MR) is 96.3 cm³/mol. The maximum atomic E-state index is 9.57. The van der Waals surface area contributed by atoms with Gasteiger partial charge in [0.2, 0.25) is 0 Å². The number of fused-ring (bicyclic) bond motifs is 2. The van der Waals surface area contributed by atoms with Gasteiger partial charge in [-0.1, -0.05) is 12.1 Å². The lowest BCUT2D eigenvalue weighted by molar-refractivity contribution is 0.425. The number of nitrogen functional groups attached to an aromatic ring is 1. The quantitative estimate of drug-likeness (QED) is 0.473. The lowest BCUT2D eigenvalue weighted by Crippen LogP contribution is -2.29. The summed E-state index contributed by atoms with van der Waals surface area (Å²) in [6.07, 6.45) is 0. The summed E-state index contributed by atoms with van der Waals surface area (Å²) in [7, 11) is -1.60. The van der Waals surface area contributed by atoms with Crippen molar-refractivity contribution in [1.82, 2.24) is 15.2 Å². The third kappa shape index (κ3) is 2.52. The minimum atomic E-state index is -1.60. The minimum Gasteiger partial charge on any atom is -0.441 e. The third-order valence-corrected chi connectivity index (χ3v) is 4.23. The normalized spacial score (nSPS) is 11.4. The van der Waals surface area contributed by atoms with Gasteiger partial charge in [-0.05, 0) is 36.1 Å². The van der Waals surface area contributed by atoms with Crippen LogP contribution in [-0.4, -0.2) is 32.3 Å². The first-order chi connectivity index (χ1) is 11.9. The van der Waals surface area contributed by atoms with Crippen LogP contribution in [0.5, 0.6) is 0 Å². The van der Waals surface area contributed by atoms with Crippen molar-refractivity contribution in [2.45, 2.75) is 13.8 Å². The fourth-order valence-electron chi connectivity index (χ4n) is 3.00. The van der Waals surface area contributed by atoms with Gasteiger partial charge in [-0.2, -0.15) is 5.10 Å². The van der Waals surface area contributed by atoms with Crippen LogP contribution in [0, 0.1) is 13.8 Å². The second kappa shape index (κ2) is 5.54. The fraction of sp³-hybridized carbons (Fsp3) is 0.118. The number of anilines is 1. The molecule has 4 aromatic rings. The third-order valence-electron chi connectivity index (χ3n) is 4.23. The van der Waals surface area contributed by atoms with Crippen LogP contribution < -0.4 is 11.2 Å². The molecule has 2 heterocycles. The molecule has 124 valence electrons. The highest BCUT2D eigenvalue weighted by atomic mass is 16.4. The Hall–Kier alpha value is -2.97. The topological polar surface area (TPSA) is 118 Å². The van der Waals surface area contributed by atoms with Crippen molar-refractivity contribution in [1.29, 1.82) is 0 Å². The number of aryl methyl sites for hydroxylation is 2. The molecule has 0 unspecified atom stereocenters. The van der Waals surface area contributed by atoms with Crippen molar-refractivity contribution >= 4 is 40.3 Å². The molecular formula is C17H15BN4O3. The summed E-state index contributed by atoms with van der Waals surface area (Å²) in [5.74, 6) is 0.877. The van der Waals surface area contributed by atoms with Crippen molar-refractivity contribution in [3.05, 3.63) is 41.9 Å². The Morgan fingerprint density at radius 1 is 1.04 bits per heavy atom. The first-order valence-corrected chi connectivity index (χ1v) is 7.74. The molecule has 0 fully saturated rings. The van der Waals surface area contributed by atoms with Gasteiger partial charge in [-0.3, -0.25) is 0 Å². The highest BCUT2D eigenvalue weighted by Crippen LogP contribution is 2.32. The Bertz CT molecular complexity index is 1120. The zero-order valence-electron chi connectivity index (χ0n) is 13.7. The van der Waals surface area contributed by atoms with E-state index in [-0.39, 0.29) is 0 Å². The number of nitrogens with zero attached hydrogens (tertiary/aromatic N) is 3. The standard InChI is InChI=1S/C17H15BN4O3/c1-8-13-5-10(3-4-12(13)17(19)22-21-8)14-6-11(18(23)24)7-15-16(14)20-9(2)25-15/h3-7,23-24H,1-2H3,(H2,19,22). The van der Waals surface area contributed by atoms with Crippen molar-refractivity contribution in [3.63, 3.8) is 0 Å². The number of aromatic nitrogens is 3. The van der Waals surface area contributed by atoms with Crippen LogP contribution in [0.25, 0.3) is 33.0 Å². The highest BCUT2D eigenvalue weighted by Gasteiger charge is 2.18. The molecule has 2 aromatic heterocycles. The maximum absolute atomic E-state index is 9.57. The molecule has 4 N–H and O–H groups in total. The van der Waals surface area contributed by atoms with Gasteiger partial charge in [0.15, 0.2) is 17.3 Å². The molecule has 2 aromatic carbocycles. The minimum absolute atomic E-state index is 0.336. The van der Waals surface area contributed by atoms with Crippen molar-refractivity contribution in [2.75, 3.05) is 5.73 Å². The average molecular weight is 334 g/mol. The van der Waals surface area contributed by atoms with Gasteiger partial charge in [0.1, 0.15) is 5.52 Å². The molecule has 0 aliphatic rings. The molecule has 0 aliphatic heterocycles. The van der Waals surface area contributed by atoms with Crippen LogP contribution in [0.2, 0.25) is 0 Å². The van der Waals surface area contributed by atoms with Crippen LogP contribution in [0.1, 0.15) is 11.6 Å². The second-order valence-electron chi connectivity index (χ2n) is 5.95. The van der Waals surface area contributed by atoms with E-state index in [4.69, 9.17) is 10.2 Å². The van der Waals surface area contributed by atoms with Gasteiger partial charge in [0, 0.05) is 23.3 Å². The van der Waals surface area contributed by atoms with E-state index >= 15 is 0 Å². The predicted octanol–water partition coefficient (Wildman–Crippen LogP) is 1.32. The van der Waals surface area contributed by atoms with E-state index in [0.29, 0.717) is 28.3 Å². The van der Waals surface area contributed by atoms with E-state index in [2.05, 4.69) is 15.2 Å². The largest absolute Gasteiger partial charge is 0.488 e. The Labute approximate surface area is 143 Å². The van der Waals surface area contributed by atoms with Gasteiger partial charge in [-0.15, -0.1) is 5.10 Å². The molecule has 0 saturated carbocycles. The summed E-state index contributed by atoms with van der Waals surface area (Å²) >= 11 is 0. The first kappa shape index (κ1) is 15.6. The van der Waals surface area contributed by atoms with Gasteiger partial charge >= 0.3 is 7.12 Å². The molecule has 0 amide bonds. The lowest BCUT2D eigenvalue weighted by Gasteiger charge is -2.09. The van der Waals surface area contributed by atoms with Gasteiger partial charge in [-0.25, -0.2) is 4.98 Å². The molecule has 0 radical (unpaired) electrons. The molecular weight excluding hydrogens is 319 g/mol. The Morgan fingerprint density at radius 2 is 1.84 bits per heavy atom. The summed E-state index contributed by atoms with van der Waals surface area (Å²) in [4.78, 5) is 4.43. The van der Waals surface area contributed by atoms with Gasteiger partial charge in [0.05, 0.1) is 5.69 Å².